The highest BCUT2D eigenvalue weighted by Crippen LogP contribution is 2.33. The Labute approximate surface area is 85.6 Å². The number of hydrogen-bond donors (Lipinski definition) is 2. The van der Waals surface area contributed by atoms with Gasteiger partial charge >= 0.3 is 11.9 Å². The minimum atomic E-state index is -4.26. The van der Waals surface area contributed by atoms with E-state index in [0.29, 0.717) is 6.92 Å². The first-order chi connectivity index (χ1) is 6.69. The second-order valence-electron chi connectivity index (χ2n) is 3.26. The Balaban J connectivity index is 4.73. The molecule has 0 bridgehead atoms. The van der Waals surface area contributed by atoms with Gasteiger partial charge in [-0.05, 0) is 6.92 Å². The summed E-state index contributed by atoms with van der Waals surface area (Å²) < 4.78 is 35.2. The van der Waals surface area contributed by atoms with E-state index in [0.717, 1.165) is 0 Å². The molecule has 0 radical (unpaired) electrons. The van der Waals surface area contributed by atoms with Crippen LogP contribution >= 0.6 is 0 Å². The van der Waals surface area contributed by atoms with Crippen molar-refractivity contribution in [2.45, 2.75) is 31.2 Å². The van der Waals surface area contributed by atoms with Crippen LogP contribution in [0.2, 0.25) is 0 Å². The molecule has 15 heavy (non-hydrogen) atoms. The van der Waals surface area contributed by atoms with E-state index < -0.39 is 30.2 Å². The third-order valence-corrected chi connectivity index (χ3v) is 2.03. The molecule has 0 heterocycles. The summed E-state index contributed by atoms with van der Waals surface area (Å²) in [5.74, 6) is -6.65. The number of hydrogen-bond acceptors (Lipinski definition) is 4. The predicted octanol–water partition coefficient (Wildman–Crippen LogP) is 0.466. The van der Waals surface area contributed by atoms with E-state index in [1.165, 1.54) is 14.2 Å². The molecule has 0 fully saturated rings. The van der Waals surface area contributed by atoms with Crippen molar-refractivity contribution >= 4 is 5.97 Å². The molecule has 0 spiro atoms. The van der Waals surface area contributed by atoms with E-state index in [1.54, 1.807) is 0 Å². The van der Waals surface area contributed by atoms with Gasteiger partial charge in [-0.15, -0.1) is 0 Å². The van der Waals surface area contributed by atoms with Gasteiger partial charge in [0.25, 0.3) is 0 Å². The summed E-state index contributed by atoms with van der Waals surface area (Å²) in [6.45, 7) is 0.714. The Hall–Kier alpha value is -0.790. The number of aliphatic carboxylic acids is 1. The Kier molecular flexibility index (Phi) is 4.57. The number of carbonyl (C=O) groups is 1. The molecule has 90 valence electrons. The summed E-state index contributed by atoms with van der Waals surface area (Å²) in [7, 11) is 2.40. The topological polar surface area (TPSA) is 76.0 Å². The van der Waals surface area contributed by atoms with E-state index in [2.05, 4.69) is 9.47 Å². The van der Waals surface area contributed by atoms with Crippen molar-refractivity contribution < 1.29 is 33.3 Å². The van der Waals surface area contributed by atoms with Crippen LogP contribution in [-0.4, -0.2) is 48.2 Å². The van der Waals surface area contributed by atoms with Gasteiger partial charge in [0.2, 0.25) is 0 Å². The van der Waals surface area contributed by atoms with Crippen LogP contribution in [0.4, 0.5) is 8.78 Å². The Morgan fingerprint density at radius 2 is 1.80 bits per heavy atom. The highest BCUT2D eigenvalue weighted by Gasteiger charge is 2.56. The first-order valence-corrected chi connectivity index (χ1v) is 4.08. The number of halogens is 2. The smallest absolute Gasteiger partial charge is 0.377 e. The maximum atomic E-state index is 13.0. The van der Waals surface area contributed by atoms with Crippen molar-refractivity contribution in [3.05, 3.63) is 0 Å². The molecule has 0 aromatic heterocycles. The number of carboxylic acids is 1. The van der Waals surface area contributed by atoms with E-state index in [4.69, 9.17) is 5.11 Å². The zero-order chi connectivity index (χ0) is 12.3. The van der Waals surface area contributed by atoms with Crippen molar-refractivity contribution in [1.29, 1.82) is 0 Å². The highest BCUT2D eigenvalue weighted by atomic mass is 19.3. The molecule has 0 rings (SSSR count). The molecule has 0 aliphatic heterocycles. The molecule has 0 aliphatic rings. The van der Waals surface area contributed by atoms with Crippen LogP contribution in [0, 0.1) is 0 Å². The quantitative estimate of drug-likeness (QED) is 0.646. The van der Waals surface area contributed by atoms with Gasteiger partial charge in [0.05, 0.1) is 0 Å². The SMILES string of the molecule is COC(CC(C)(O)C(F)(F)C(=O)O)OC. The number of ether oxygens (including phenoxy) is 2. The first kappa shape index (κ1) is 14.2. The fraction of sp³-hybridized carbons (Fsp3) is 0.875. The van der Waals surface area contributed by atoms with Crippen molar-refractivity contribution in [2.75, 3.05) is 14.2 Å². The van der Waals surface area contributed by atoms with Gasteiger partial charge in [0.1, 0.15) is 5.60 Å². The predicted molar refractivity (Wildman–Crippen MR) is 45.6 cm³/mol. The fourth-order valence-electron chi connectivity index (χ4n) is 0.946. The van der Waals surface area contributed by atoms with Crippen LogP contribution in [0.3, 0.4) is 0 Å². The lowest BCUT2D eigenvalue weighted by Crippen LogP contribution is -2.53. The molecule has 0 aromatic rings. The normalized spacial score (nSPS) is 16.5. The van der Waals surface area contributed by atoms with Gasteiger partial charge in [-0.25, -0.2) is 4.79 Å². The van der Waals surface area contributed by atoms with Crippen LogP contribution < -0.4 is 0 Å². The lowest BCUT2D eigenvalue weighted by atomic mass is 9.93. The van der Waals surface area contributed by atoms with Gasteiger partial charge in [0, 0.05) is 20.6 Å². The van der Waals surface area contributed by atoms with Crippen LogP contribution in [0.1, 0.15) is 13.3 Å². The van der Waals surface area contributed by atoms with E-state index in [9.17, 15) is 18.7 Å². The molecule has 1 unspecified atom stereocenters. The molecule has 0 saturated carbocycles. The molecule has 0 saturated heterocycles. The molecular formula is C8H14F2O5. The first-order valence-electron chi connectivity index (χ1n) is 4.08. The minimum Gasteiger partial charge on any atom is -0.477 e. The number of aliphatic hydroxyl groups is 1. The summed E-state index contributed by atoms with van der Waals surface area (Å²) in [4.78, 5) is 10.2. The molecule has 5 nitrogen and oxygen atoms in total. The third-order valence-electron chi connectivity index (χ3n) is 2.03. The van der Waals surface area contributed by atoms with Crippen LogP contribution in [0.5, 0.6) is 0 Å². The average Bonchev–Trinajstić information content (AvgIpc) is 2.13. The molecular weight excluding hydrogens is 214 g/mol. The molecule has 0 aromatic carbocycles. The van der Waals surface area contributed by atoms with E-state index in [-0.39, 0.29) is 0 Å². The maximum absolute atomic E-state index is 13.0. The summed E-state index contributed by atoms with van der Waals surface area (Å²) in [5, 5.41) is 17.6. The second-order valence-corrected chi connectivity index (χ2v) is 3.26. The van der Waals surface area contributed by atoms with Gasteiger partial charge in [-0.1, -0.05) is 0 Å². The van der Waals surface area contributed by atoms with Gasteiger partial charge in [-0.3, -0.25) is 0 Å². The largest absolute Gasteiger partial charge is 0.477 e. The monoisotopic (exact) mass is 228 g/mol. The van der Waals surface area contributed by atoms with E-state index >= 15 is 0 Å². The lowest BCUT2D eigenvalue weighted by Gasteiger charge is -2.31. The van der Waals surface area contributed by atoms with Gasteiger partial charge < -0.3 is 19.7 Å². The fourth-order valence-corrected chi connectivity index (χ4v) is 0.946. The maximum Gasteiger partial charge on any atom is 0.377 e. The average molecular weight is 228 g/mol. The summed E-state index contributed by atoms with van der Waals surface area (Å²) in [6.07, 6.45) is -1.75. The summed E-state index contributed by atoms with van der Waals surface area (Å²) in [6, 6.07) is 0. The van der Waals surface area contributed by atoms with Crippen LogP contribution in [0.25, 0.3) is 0 Å². The standard InChI is InChI=1S/C8H14F2O5/c1-7(13,4-5(14-2)15-3)8(9,10)6(11)12/h5,13H,4H2,1-3H3,(H,11,12). The Bertz CT molecular complexity index is 225. The van der Waals surface area contributed by atoms with Crippen LogP contribution in [-0.2, 0) is 14.3 Å². The number of rotatable bonds is 6. The number of methoxy groups -OCH3 is 2. The molecule has 2 N–H and O–H groups in total. The lowest BCUT2D eigenvalue weighted by molar-refractivity contribution is -0.225. The zero-order valence-corrected chi connectivity index (χ0v) is 8.66. The number of alkyl halides is 2. The van der Waals surface area contributed by atoms with Gasteiger partial charge in [-0.2, -0.15) is 8.78 Å². The highest BCUT2D eigenvalue weighted by molar-refractivity contribution is 5.76. The summed E-state index contributed by atoms with van der Waals surface area (Å²) >= 11 is 0. The Morgan fingerprint density at radius 1 is 1.40 bits per heavy atom. The molecule has 1 atom stereocenters. The third kappa shape index (κ3) is 3.08. The Morgan fingerprint density at radius 3 is 2.07 bits per heavy atom. The summed E-state index contributed by atoms with van der Waals surface area (Å²) in [5.41, 5.74) is -2.74. The number of carboxylic acid groups (broad SMARTS) is 1. The minimum absolute atomic E-state index is 0.653. The van der Waals surface area contributed by atoms with Crippen molar-refractivity contribution in [1.82, 2.24) is 0 Å². The van der Waals surface area contributed by atoms with Crippen molar-refractivity contribution in [3.63, 3.8) is 0 Å². The molecule has 0 amide bonds. The van der Waals surface area contributed by atoms with Crippen LogP contribution in [0.15, 0.2) is 0 Å². The van der Waals surface area contributed by atoms with Crippen molar-refractivity contribution in [3.8, 4) is 0 Å². The van der Waals surface area contributed by atoms with Gasteiger partial charge in [0.15, 0.2) is 6.29 Å². The van der Waals surface area contributed by atoms with Crippen molar-refractivity contribution in [2.24, 2.45) is 0 Å². The molecule has 7 heteroatoms. The second kappa shape index (κ2) is 4.82. The molecule has 0 aliphatic carbocycles. The zero-order valence-electron chi connectivity index (χ0n) is 8.66. The van der Waals surface area contributed by atoms with E-state index in [1.807, 2.05) is 0 Å².